The van der Waals surface area contributed by atoms with Gasteiger partial charge in [-0.2, -0.15) is 0 Å². The van der Waals surface area contributed by atoms with Crippen LogP contribution in [0, 0.1) is 13.8 Å². The molecule has 0 bridgehead atoms. The molecule has 0 amide bonds. The summed E-state index contributed by atoms with van der Waals surface area (Å²) >= 11 is 0. The van der Waals surface area contributed by atoms with Crippen molar-refractivity contribution in [1.82, 2.24) is 0 Å². The van der Waals surface area contributed by atoms with Gasteiger partial charge in [-0.15, -0.1) is 0 Å². The van der Waals surface area contributed by atoms with Crippen LogP contribution in [-0.2, 0) is 11.2 Å². The number of carbonyl (C=O) groups is 1. The van der Waals surface area contributed by atoms with Crippen LogP contribution in [0.3, 0.4) is 0 Å². The number of aryl methyl sites for hydroxylation is 1. The van der Waals surface area contributed by atoms with Crippen LogP contribution in [0.4, 0.5) is 0 Å². The summed E-state index contributed by atoms with van der Waals surface area (Å²) in [4.78, 5) is 11.7. The fourth-order valence-corrected chi connectivity index (χ4v) is 3.18. The van der Waals surface area contributed by atoms with Gasteiger partial charge >= 0.3 is 5.97 Å². The van der Waals surface area contributed by atoms with Crippen LogP contribution in [0.5, 0.6) is 11.5 Å². The molecule has 1 unspecified atom stereocenters. The first-order chi connectivity index (χ1) is 14.0. The average Bonchev–Trinajstić information content (AvgIpc) is 2.73. The van der Waals surface area contributed by atoms with Crippen molar-refractivity contribution >= 4 is 5.97 Å². The number of carboxylic acid groups (broad SMARTS) is 1. The predicted molar refractivity (Wildman–Crippen MR) is 114 cm³/mol. The number of benzene rings is 3. The average molecular weight is 390 g/mol. The Kier molecular flexibility index (Phi) is 6.90. The molecule has 4 nitrogen and oxygen atoms in total. The van der Waals surface area contributed by atoms with Crippen LogP contribution in [0.1, 0.15) is 28.2 Å². The van der Waals surface area contributed by atoms with Gasteiger partial charge in [0.1, 0.15) is 24.7 Å². The van der Waals surface area contributed by atoms with Crippen LogP contribution < -0.4 is 9.47 Å². The molecule has 150 valence electrons. The Morgan fingerprint density at radius 1 is 0.862 bits per heavy atom. The summed E-state index contributed by atoms with van der Waals surface area (Å²) in [7, 11) is 0. The van der Waals surface area contributed by atoms with Gasteiger partial charge in [0, 0.05) is 0 Å². The standard InChI is InChI=1S/C25H26O4/c1-18-7-6-10-24(19(18)2)29-16-15-28-22-13-11-20(12-14-22)17-23(25(26)27)21-8-4-3-5-9-21/h3-14,23H,15-17H2,1-2H3,(H,26,27). The van der Waals surface area contributed by atoms with Crippen LogP contribution in [0.2, 0.25) is 0 Å². The van der Waals surface area contributed by atoms with Crippen LogP contribution in [-0.4, -0.2) is 24.3 Å². The second-order valence-electron chi connectivity index (χ2n) is 7.04. The molecule has 0 aliphatic rings. The largest absolute Gasteiger partial charge is 0.490 e. The fraction of sp³-hybridized carbons (Fsp3) is 0.240. The summed E-state index contributed by atoms with van der Waals surface area (Å²) in [5.74, 6) is 0.239. The minimum Gasteiger partial charge on any atom is -0.490 e. The van der Waals surface area contributed by atoms with E-state index in [9.17, 15) is 9.90 Å². The molecule has 0 aromatic heterocycles. The van der Waals surface area contributed by atoms with Crippen molar-refractivity contribution in [1.29, 1.82) is 0 Å². The highest BCUT2D eigenvalue weighted by atomic mass is 16.5. The first-order valence-corrected chi connectivity index (χ1v) is 9.73. The Morgan fingerprint density at radius 3 is 2.24 bits per heavy atom. The number of ether oxygens (including phenoxy) is 2. The predicted octanol–water partition coefficient (Wildman–Crippen LogP) is 5.17. The molecule has 4 heteroatoms. The Labute approximate surface area is 171 Å². The van der Waals surface area contributed by atoms with Crippen LogP contribution in [0.25, 0.3) is 0 Å². The third kappa shape index (κ3) is 5.61. The summed E-state index contributed by atoms with van der Waals surface area (Å²) in [5.41, 5.74) is 4.11. The van der Waals surface area contributed by atoms with Gasteiger partial charge in [0.05, 0.1) is 5.92 Å². The lowest BCUT2D eigenvalue weighted by molar-refractivity contribution is -0.138. The molecule has 29 heavy (non-hydrogen) atoms. The maximum atomic E-state index is 11.7. The Balaban J connectivity index is 1.52. The van der Waals surface area contributed by atoms with Crippen LogP contribution >= 0.6 is 0 Å². The molecule has 0 saturated heterocycles. The highest BCUT2D eigenvalue weighted by Gasteiger charge is 2.20. The zero-order chi connectivity index (χ0) is 20.6. The highest BCUT2D eigenvalue weighted by Crippen LogP contribution is 2.23. The Bertz CT molecular complexity index is 933. The first-order valence-electron chi connectivity index (χ1n) is 9.73. The molecule has 1 atom stereocenters. The van der Waals surface area contributed by atoms with Crippen LogP contribution in [0.15, 0.2) is 72.8 Å². The lowest BCUT2D eigenvalue weighted by Gasteiger charge is -2.14. The van der Waals surface area contributed by atoms with E-state index in [1.54, 1.807) is 0 Å². The Morgan fingerprint density at radius 2 is 1.55 bits per heavy atom. The lowest BCUT2D eigenvalue weighted by Crippen LogP contribution is -2.14. The van der Waals surface area contributed by atoms with Gasteiger partial charge in [-0.1, -0.05) is 54.6 Å². The maximum Gasteiger partial charge on any atom is 0.311 e. The Hall–Kier alpha value is -3.27. The normalized spacial score (nSPS) is 11.7. The minimum absolute atomic E-state index is 0.439. The maximum absolute atomic E-state index is 11.7. The summed E-state index contributed by atoms with van der Waals surface area (Å²) in [6.07, 6.45) is 0.440. The van der Waals surface area contributed by atoms with Gasteiger partial charge in [0.2, 0.25) is 0 Å². The lowest BCUT2D eigenvalue weighted by atomic mass is 9.92. The van der Waals surface area contributed by atoms with Crippen molar-refractivity contribution in [3.8, 4) is 11.5 Å². The molecule has 3 rings (SSSR count). The molecule has 3 aromatic rings. The van der Waals surface area contributed by atoms with Gasteiger partial charge in [0.15, 0.2) is 0 Å². The van der Waals surface area contributed by atoms with Gasteiger partial charge in [-0.25, -0.2) is 0 Å². The van der Waals surface area contributed by atoms with Gasteiger partial charge in [0.25, 0.3) is 0 Å². The molecular weight excluding hydrogens is 364 g/mol. The third-order valence-corrected chi connectivity index (χ3v) is 5.03. The molecule has 0 heterocycles. The summed E-state index contributed by atoms with van der Waals surface area (Å²) in [6, 6.07) is 22.9. The number of hydrogen-bond acceptors (Lipinski definition) is 3. The molecule has 0 aliphatic heterocycles. The molecule has 0 fully saturated rings. The number of rotatable bonds is 9. The fourth-order valence-electron chi connectivity index (χ4n) is 3.18. The molecule has 0 spiro atoms. The van der Waals surface area contributed by atoms with E-state index in [4.69, 9.17) is 9.47 Å². The molecule has 0 saturated carbocycles. The zero-order valence-corrected chi connectivity index (χ0v) is 16.8. The quantitative estimate of drug-likeness (QED) is 0.512. The molecule has 0 aliphatic carbocycles. The second-order valence-corrected chi connectivity index (χ2v) is 7.04. The van der Waals surface area contributed by atoms with Crippen molar-refractivity contribution in [2.75, 3.05) is 13.2 Å². The highest BCUT2D eigenvalue weighted by molar-refractivity contribution is 5.76. The van der Waals surface area contributed by atoms with E-state index in [-0.39, 0.29) is 0 Å². The topological polar surface area (TPSA) is 55.8 Å². The second kappa shape index (κ2) is 9.78. The third-order valence-electron chi connectivity index (χ3n) is 5.03. The molecule has 3 aromatic carbocycles. The monoisotopic (exact) mass is 390 g/mol. The van der Waals surface area contributed by atoms with Gasteiger partial charge in [-0.05, 0) is 60.7 Å². The number of carboxylic acids is 1. The SMILES string of the molecule is Cc1cccc(OCCOc2ccc(CC(C(=O)O)c3ccccc3)cc2)c1C. The van der Waals surface area contributed by atoms with E-state index < -0.39 is 11.9 Å². The molecule has 1 N–H and O–H groups in total. The number of hydrogen-bond donors (Lipinski definition) is 1. The minimum atomic E-state index is -0.819. The van der Waals surface area contributed by atoms with Gasteiger partial charge in [-0.3, -0.25) is 4.79 Å². The summed E-state index contributed by atoms with van der Waals surface area (Å²) in [5, 5.41) is 9.58. The molecule has 0 radical (unpaired) electrons. The number of aliphatic carboxylic acids is 1. The van der Waals surface area contributed by atoms with Crippen molar-refractivity contribution in [3.63, 3.8) is 0 Å². The van der Waals surface area contributed by atoms with Crippen molar-refractivity contribution in [2.45, 2.75) is 26.2 Å². The first kappa shape index (κ1) is 20.5. The summed E-state index contributed by atoms with van der Waals surface area (Å²) < 4.78 is 11.5. The van der Waals surface area contributed by atoms with E-state index in [2.05, 4.69) is 13.0 Å². The van der Waals surface area contributed by atoms with E-state index in [0.717, 1.165) is 28.2 Å². The van der Waals surface area contributed by atoms with Crippen molar-refractivity contribution in [2.24, 2.45) is 0 Å². The zero-order valence-electron chi connectivity index (χ0n) is 16.8. The summed E-state index contributed by atoms with van der Waals surface area (Å²) in [6.45, 7) is 5.01. The van der Waals surface area contributed by atoms with E-state index in [1.165, 1.54) is 5.56 Å². The van der Waals surface area contributed by atoms with Gasteiger partial charge < -0.3 is 14.6 Å². The van der Waals surface area contributed by atoms with Crippen molar-refractivity contribution in [3.05, 3.63) is 95.1 Å². The van der Waals surface area contributed by atoms with E-state index in [0.29, 0.717) is 19.6 Å². The van der Waals surface area contributed by atoms with Crippen molar-refractivity contribution < 1.29 is 19.4 Å². The smallest absolute Gasteiger partial charge is 0.311 e. The van der Waals surface area contributed by atoms with E-state index in [1.807, 2.05) is 73.7 Å². The molecular formula is C25H26O4. The van der Waals surface area contributed by atoms with E-state index >= 15 is 0 Å².